The second kappa shape index (κ2) is 8.01. The van der Waals surface area contributed by atoms with Gasteiger partial charge in [0.2, 0.25) is 12.7 Å². The molecule has 8 heteroatoms. The summed E-state index contributed by atoms with van der Waals surface area (Å²) in [6.07, 6.45) is 0. The van der Waals surface area contributed by atoms with Gasteiger partial charge in [-0.2, -0.15) is 0 Å². The van der Waals surface area contributed by atoms with Crippen LogP contribution in [0.3, 0.4) is 0 Å². The minimum absolute atomic E-state index is 0.0308. The van der Waals surface area contributed by atoms with Crippen molar-refractivity contribution in [2.75, 3.05) is 30.8 Å². The first kappa shape index (κ1) is 21.8. The molecule has 36 heavy (non-hydrogen) atoms. The summed E-state index contributed by atoms with van der Waals surface area (Å²) in [6.45, 7) is 0.135. The highest BCUT2D eigenvalue weighted by Gasteiger charge is 2.69. The van der Waals surface area contributed by atoms with Gasteiger partial charge in [-0.25, -0.2) is 0 Å². The number of nitrogens with one attached hydrogen (secondary N) is 1. The van der Waals surface area contributed by atoms with Crippen LogP contribution in [0.15, 0.2) is 66.7 Å². The second-order valence-corrected chi connectivity index (χ2v) is 10.5. The number of anilines is 1. The molecule has 0 aliphatic carbocycles. The molecule has 1 N–H and O–H groups in total. The van der Waals surface area contributed by atoms with E-state index in [1.165, 1.54) is 0 Å². The maximum Gasteiger partial charge on any atom is 0.250 e. The maximum absolute atomic E-state index is 14.6. The summed E-state index contributed by atoms with van der Waals surface area (Å²) >= 11 is 1.80. The molecule has 0 saturated carbocycles. The van der Waals surface area contributed by atoms with Gasteiger partial charge in [-0.3, -0.25) is 14.5 Å². The Hall–Kier alpha value is -3.49. The molecule has 7 rings (SSSR count). The van der Waals surface area contributed by atoms with Crippen molar-refractivity contribution in [1.82, 2.24) is 4.90 Å². The smallest absolute Gasteiger partial charge is 0.250 e. The number of benzene rings is 3. The van der Waals surface area contributed by atoms with Gasteiger partial charge in [-0.05, 0) is 42.0 Å². The Morgan fingerprint density at radius 3 is 2.75 bits per heavy atom. The fraction of sp³-hybridized carbons (Fsp3) is 0.286. The molecule has 2 fully saturated rings. The predicted octanol–water partition coefficient (Wildman–Crippen LogP) is 4.24. The van der Waals surface area contributed by atoms with Crippen LogP contribution in [-0.4, -0.2) is 48.2 Å². The number of fused-ring (bicyclic) bond motifs is 5. The van der Waals surface area contributed by atoms with Gasteiger partial charge in [-0.1, -0.05) is 30.3 Å². The molecular weight excluding hydrogens is 476 g/mol. The third kappa shape index (κ3) is 2.85. The van der Waals surface area contributed by atoms with Gasteiger partial charge in [0, 0.05) is 40.4 Å². The molecule has 1 spiro atoms. The van der Waals surface area contributed by atoms with Crippen molar-refractivity contribution in [2.24, 2.45) is 5.92 Å². The van der Waals surface area contributed by atoms with Crippen LogP contribution in [0.2, 0.25) is 0 Å². The molecule has 4 heterocycles. The molecule has 0 bridgehead atoms. The average Bonchev–Trinajstić information content (AvgIpc) is 3.68. The van der Waals surface area contributed by atoms with Crippen molar-refractivity contribution in [1.29, 1.82) is 0 Å². The zero-order valence-corrected chi connectivity index (χ0v) is 20.4. The number of thioether (sulfide) groups is 1. The predicted molar refractivity (Wildman–Crippen MR) is 136 cm³/mol. The lowest BCUT2D eigenvalue weighted by molar-refractivity contribution is -0.127. The lowest BCUT2D eigenvalue weighted by Gasteiger charge is -2.36. The van der Waals surface area contributed by atoms with Crippen molar-refractivity contribution >= 4 is 29.1 Å². The van der Waals surface area contributed by atoms with Crippen LogP contribution in [-0.2, 0) is 10.3 Å². The molecule has 2 saturated heterocycles. The van der Waals surface area contributed by atoms with Crippen LogP contribution in [0, 0.1) is 5.92 Å². The molecule has 1 amide bonds. The number of ether oxygens (including phenoxy) is 3. The number of rotatable bonds is 4. The molecule has 0 unspecified atom stereocenters. The lowest BCUT2D eigenvalue weighted by atomic mass is 9.69. The summed E-state index contributed by atoms with van der Waals surface area (Å²) in [5.41, 5.74) is 1.97. The fourth-order valence-corrected chi connectivity index (χ4v) is 7.79. The van der Waals surface area contributed by atoms with Crippen molar-refractivity contribution < 1.29 is 23.8 Å². The minimum Gasteiger partial charge on any atom is -0.497 e. The van der Waals surface area contributed by atoms with Gasteiger partial charge < -0.3 is 19.5 Å². The quantitative estimate of drug-likeness (QED) is 0.537. The zero-order chi connectivity index (χ0) is 24.4. The normalized spacial score (nSPS) is 27.7. The molecule has 182 valence electrons. The van der Waals surface area contributed by atoms with Crippen LogP contribution in [0.5, 0.6) is 17.2 Å². The van der Waals surface area contributed by atoms with E-state index < -0.39 is 11.5 Å². The number of hydrogen-bond acceptors (Lipinski definition) is 7. The minimum atomic E-state index is -1.15. The third-order valence-electron chi connectivity index (χ3n) is 7.95. The largest absolute Gasteiger partial charge is 0.497 e. The number of carbonyl (C=O) groups excluding carboxylic acids is 2. The summed E-state index contributed by atoms with van der Waals surface area (Å²) in [4.78, 5) is 31.0. The summed E-state index contributed by atoms with van der Waals surface area (Å²) in [6, 6.07) is 21.1. The standard InChI is InChI=1S/C28H24N2O5S/c1-33-18-8-9-20-19(12-18)28(27(32)29-20)25(26(31)17-7-10-22-23(11-17)35-15-34-22)24(16-5-3-2-4-6-16)21-13-36-14-30(21)28/h2-12,21,24-25H,13-15H2,1H3,(H,29,32)/t21-,24+,25+,28-/m1/s1. The highest BCUT2D eigenvalue weighted by molar-refractivity contribution is 7.99. The van der Waals surface area contributed by atoms with E-state index in [0.717, 1.165) is 22.6 Å². The number of amides is 1. The second-order valence-electron chi connectivity index (χ2n) is 9.52. The van der Waals surface area contributed by atoms with E-state index >= 15 is 0 Å². The summed E-state index contributed by atoms with van der Waals surface area (Å²) in [5.74, 6) is 2.31. The van der Waals surface area contributed by atoms with Gasteiger partial charge >= 0.3 is 0 Å². The summed E-state index contributed by atoms with van der Waals surface area (Å²) in [7, 11) is 1.61. The van der Waals surface area contributed by atoms with Crippen molar-refractivity contribution in [3.8, 4) is 17.2 Å². The summed E-state index contributed by atoms with van der Waals surface area (Å²) < 4.78 is 16.6. The number of nitrogens with zero attached hydrogens (tertiary/aromatic N) is 1. The summed E-state index contributed by atoms with van der Waals surface area (Å²) in [5, 5.41) is 3.10. The van der Waals surface area contributed by atoms with Crippen molar-refractivity contribution in [3.05, 3.63) is 83.4 Å². The van der Waals surface area contributed by atoms with Crippen LogP contribution in [0.1, 0.15) is 27.4 Å². The highest BCUT2D eigenvalue weighted by Crippen LogP contribution is 2.61. The number of Topliss-reactive ketones (excluding diaryl/α,β-unsaturated/α-hetero) is 1. The van der Waals surface area contributed by atoms with E-state index in [9.17, 15) is 9.59 Å². The molecule has 3 aromatic rings. The number of ketones is 1. The van der Waals surface area contributed by atoms with Gasteiger partial charge in [0.15, 0.2) is 17.3 Å². The Morgan fingerprint density at radius 1 is 1.08 bits per heavy atom. The van der Waals surface area contributed by atoms with Crippen LogP contribution in [0.4, 0.5) is 5.69 Å². The molecular formula is C28H24N2O5S. The first-order valence-electron chi connectivity index (χ1n) is 12.0. The molecule has 4 aliphatic heterocycles. The molecule has 7 nitrogen and oxygen atoms in total. The van der Waals surface area contributed by atoms with Gasteiger partial charge in [0.1, 0.15) is 11.3 Å². The Labute approximate surface area is 212 Å². The van der Waals surface area contributed by atoms with E-state index in [0.29, 0.717) is 28.7 Å². The van der Waals surface area contributed by atoms with Crippen LogP contribution < -0.4 is 19.5 Å². The number of hydrogen-bond donors (Lipinski definition) is 1. The molecule has 3 aromatic carbocycles. The number of methoxy groups -OCH3 is 1. The number of carbonyl (C=O) groups is 2. The Morgan fingerprint density at radius 2 is 1.92 bits per heavy atom. The van der Waals surface area contributed by atoms with E-state index in [1.807, 2.05) is 36.4 Å². The molecule has 4 aliphatic rings. The van der Waals surface area contributed by atoms with E-state index in [-0.39, 0.29) is 30.4 Å². The molecule has 4 atom stereocenters. The monoisotopic (exact) mass is 500 g/mol. The fourth-order valence-electron chi connectivity index (χ4n) is 6.46. The SMILES string of the molecule is COc1ccc2c(c1)[C@]1(C(=O)N2)[C@H](C(=O)c2ccc3c(c2)OCO3)[C@@H](c2ccccc2)[C@H]2CSCN21. The topological polar surface area (TPSA) is 77.1 Å². The lowest BCUT2D eigenvalue weighted by Crippen LogP contribution is -2.52. The van der Waals surface area contributed by atoms with Crippen LogP contribution in [0.25, 0.3) is 0 Å². The Balaban J connectivity index is 1.47. The maximum atomic E-state index is 14.6. The van der Waals surface area contributed by atoms with E-state index in [1.54, 1.807) is 37.1 Å². The Bertz CT molecular complexity index is 1400. The van der Waals surface area contributed by atoms with Crippen LogP contribution >= 0.6 is 11.8 Å². The first-order valence-corrected chi connectivity index (χ1v) is 13.1. The zero-order valence-electron chi connectivity index (χ0n) is 19.6. The van der Waals surface area contributed by atoms with E-state index in [2.05, 4.69) is 22.3 Å². The first-order chi connectivity index (χ1) is 17.6. The Kier molecular flexibility index (Phi) is 4.84. The van der Waals surface area contributed by atoms with Gasteiger partial charge in [0.05, 0.1) is 13.0 Å². The highest BCUT2D eigenvalue weighted by atomic mass is 32.2. The van der Waals surface area contributed by atoms with Gasteiger partial charge in [-0.15, -0.1) is 11.8 Å². The third-order valence-corrected chi connectivity index (χ3v) is 8.99. The molecule has 0 aromatic heterocycles. The van der Waals surface area contributed by atoms with Crippen molar-refractivity contribution in [2.45, 2.75) is 17.5 Å². The average molecular weight is 501 g/mol. The van der Waals surface area contributed by atoms with E-state index in [4.69, 9.17) is 14.2 Å². The molecule has 0 radical (unpaired) electrons. The van der Waals surface area contributed by atoms with Crippen molar-refractivity contribution in [3.63, 3.8) is 0 Å². The van der Waals surface area contributed by atoms with Gasteiger partial charge in [0.25, 0.3) is 0 Å².